The summed E-state index contributed by atoms with van der Waals surface area (Å²) in [5, 5.41) is 0. The maximum atomic E-state index is 12.9. The third kappa shape index (κ3) is 57.7. The van der Waals surface area contributed by atoms with Crippen LogP contribution in [0, 0.1) is 0 Å². The molecular weight excluding hydrogens is 889 g/mol. The molecule has 0 rings (SSSR count). The summed E-state index contributed by atoms with van der Waals surface area (Å²) in [6.45, 7) is 6.53. The average Bonchev–Trinajstić information content (AvgIpc) is 3.38. The largest absolute Gasteiger partial charge is 0.462 e. The second kappa shape index (κ2) is 60.4. The number of hydrogen-bond acceptors (Lipinski definition) is 6. The molecule has 0 aliphatic carbocycles. The van der Waals surface area contributed by atoms with Gasteiger partial charge in [0.2, 0.25) is 0 Å². The summed E-state index contributed by atoms with van der Waals surface area (Å²) in [5.41, 5.74) is 0. The van der Waals surface area contributed by atoms with Gasteiger partial charge in [-0.3, -0.25) is 14.4 Å². The molecule has 6 nitrogen and oxygen atoms in total. The smallest absolute Gasteiger partial charge is 0.306 e. The predicted molar refractivity (Wildman–Crippen MR) is 311 cm³/mol. The zero-order valence-corrected chi connectivity index (χ0v) is 47.7. The maximum absolute atomic E-state index is 12.9. The van der Waals surface area contributed by atoms with Crippen molar-refractivity contribution in [3.63, 3.8) is 0 Å². The first-order valence-corrected chi connectivity index (χ1v) is 31.0. The number of hydrogen-bond donors (Lipinski definition) is 0. The molecule has 0 amide bonds. The highest BCUT2D eigenvalue weighted by molar-refractivity contribution is 5.71. The van der Waals surface area contributed by atoms with E-state index in [9.17, 15) is 14.4 Å². The Labute approximate surface area is 446 Å². The minimum absolute atomic E-state index is 0.0891. The number of unbranched alkanes of at least 4 members (excludes halogenated alkanes) is 34. The topological polar surface area (TPSA) is 78.9 Å². The lowest BCUT2D eigenvalue weighted by molar-refractivity contribution is -0.167. The minimum atomic E-state index is -0.792. The molecule has 72 heavy (non-hydrogen) atoms. The van der Waals surface area contributed by atoms with E-state index < -0.39 is 6.10 Å². The fraction of sp³-hybridized carbons (Fsp3) is 0.773. The lowest BCUT2D eigenvalue weighted by Gasteiger charge is -2.18. The van der Waals surface area contributed by atoms with Crippen LogP contribution in [0.1, 0.15) is 310 Å². The Bertz CT molecular complexity index is 1340. The van der Waals surface area contributed by atoms with Crippen molar-refractivity contribution in [2.75, 3.05) is 13.2 Å². The van der Waals surface area contributed by atoms with E-state index in [1.54, 1.807) is 0 Å². The number of ether oxygens (including phenoxy) is 3. The van der Waals surface area contributed by atoms with Crippen molar-refractivity contribution < 1.29 is 28.6 Å². The van der Waals surface area contributed by atoms with Gasteiger partial charge in [-0.25, -0.2) is 0 Å². The monoisotopic (exact) mass is 1000 g/mol. The first-order valence-electron chi connectivity index (χ1n) is 31.0. The highest BCUT2D eigenvalue weighted by atomic mass is 16.6. The molecule has 0 aromatic rings. The molecule has 0 radical (unpaired) electrons. The molecule has 0 aromatic heterocycles. The van der Waals surface area contributed by atoms with Crippen molar-refractivity contribution >= 4 is 17.9 Å². The van der Waals surface area contributed by atoms with Gasteiger partial charge in [-0.05, 0) is 83.5 Å². The number of carbonyl (C=O) groups is 3. The van der Waals surface area contributed by atoms with Gasteiger partial charge in [0, 0.05) is 19.3 Å². The average molecular weight is 1010 g/mol. The molecule has 0 saturated heterocycles. The Morgan fingerprint density at radius 1 is 0.306 bits per heavy atom. The van der Waals surface area contributed by atoms with Crippen molar-refractivity contribution in [3.05, 3.63) is 72.9 Å². The summed E-state index contributed by atoms with van der Waals surface area (Å²) in [7, 11) is 0. The normalized spacial score (nSPS) is 12.5. The summed E-state index contributed by atoms with van der Waals surface area (Å²) in [4.78, 5) is 38.3. The molecule has 1 atom stereocenters. The lowest BCUT2D eigenvalue weighted by atomic mass is 10.0. The first-order chi connectivity index (χ1) is 35.5. The van der Waals surface area contributed by atoms with Gasteiger partial charge in [-0.1, -0.05) is 280 Å². The van der Waals surface area contributed by atoms with Gasteiger partial charge in [0.1, 0.15) is 13.2 Å². The van der Waals surface area contributed by atoms with Gasteiger partial charge in [0.25, 0.3) is 0 Å². The summed E-state index contributed by atoms with van der Waals surface area (Å²) < 4.78 is 16.9. The van der Waals surface area contributed by atoms with Crippen molar-refractivity contribution in [3.8, 4) is 0 Å². The van der Waals surface area contributed by atoms with Crippen molar-refractivity contribution in [1.29, 1.82) is 0 Å². The third-order valence-corrected chi connectivity index (χ3v) is 13.5. The van der Waals surface area contributed by atoms with Crippen molar-refractivity contribution in [2.24, 2.45) is 0 Å². The number of allylic oxidation sites excluding steroid dienone is 12. The van der Waals surface area contributed by atoms with Gasteiger partial charge >= 0.3 is 17.9 Å². The molecular formula is C66H116O6. The molecule has 0 fully saturated rings. The number of esters is 3. The second-order valence-corrected chi connectivity index (χ2v) is 20.6. The van der Waals surface area contributed by atoms with E-state index in [1.807, 2.05) is 0 Å². The molecule has 0 bridgehead atoms. The highest BCUT2D eigenvalue weighted by Gasteiger charge is 2.19. The van der Waals surface area contributed by atoms with Gasteiger partial charge < -0.3 is 14.2 Å². The van der Waals surface area contributed by atoms with Crippen LogP contribution < -0.4 is 0 Å². The third-order valence-electron chi connectivity index (χ3n) is 13.5. The Balaban J connectivity index is 4.41. The van der Waals surface area contributed by atoms with Crippen LogP contribution in [-0.2, 0) is 28.6 Å². The summed E-state index contributed by atoms with van der Waals surface area (Å²) in [5.74, 6) is -0.913. The number of carbonyl (C=O) groups excluding carboxylic acids is 3. The zero-order chi connectivity index (χ0) is 52.2. The van der Waals surface area contributed by atoms with Gasteiger partial charge in [-0.2, -0.15) is 0 Å². The summed E-state index contributed by atoms with van der Waals surface area (Å²) in [6, 6.07) is 0. The molecule has 6 heteroatoms. The maximum Gasteiger partial charge on any atom is 0.306 e. The standard InChI is InChI=1S/C66H116O6/c1-4-7-10-13-16-19-22-25-28-31-33-35-38-41-44-47-50-53-56-59-65(68)71-62-63(61-70-64(67)58-55-52-49-46-43-40-37-30-27-24-21-18-15-12-9-6-3)72-66(69)60-57-54-51-48-45-42-39-36-34-32-29-26-23-20-17-14-11-8-5-2/h7,10,16,19,25,28,30,33,35,37,40,43,63H,4-6,8-9,11-15,17-18,20-24,26-27,29,31-32,34,36,38-39,41-42,44-62H2,1-3H3/b10-7-,19-16-,28-25-,35-33-,37-30-,43-40-. The lowest BCUT2D eigenvalue weighted by Crippen LogP contribution is -2.30. The van der Waals surface area contributed by atoms with E-state index in [-0.39, 0.29) is 31.1 Å². The highest BCUT2D eigenvalue weighted by Crippen LogP contribution is 2.17. The van der Waals surface area contributed by atoms with Crippen LogP contribution in [-0.4, -0.2) is 37.2 Å². The Kier molecular flexibility index (Phi) is 57.8. The van der Waals surface area contributed by atoms with E-state index in [2.05, 4.69) is 93.7 Å². The van der Waals surface area contributed by atoms with Crippen LogP contribution in [0.2, 0.25) is 0 Å². The first kappa shape index (κ1) is 68.8. The van der Waals surface area contributed by atoms with Gasteiger partial charge in [0.05, 0.1) is 0 Å². The van der Waals surface area contributed by atoms with E-state index >= 15 is 0 Å². The molecule has 0 N–H and O–H groups in total. The molecule has 1 unspecified atom stereocenters. The number of rotatable bonds is 56. The van der Waals surface area contributed by atoms with Crippen LogP contribution in [0.15, 0.2) is 72.9 Å². The van der Waals surface area contributed by atoms with E-state index in [1.165, 1.54) is 167 Å². The van der Waals surface area contributed by atoms with Gasteiger partial charge in [0.15, 0.2) is 6.10 Å². The Hall–Kier alpha value is -3.15. The van der Waals surface area contributed by atoms with Crippen molar-refractivity contribution in [2.45, 2.75) is 316 Å². The predicted octanol–water partition coefficient (Wildman–Crippen LogP) is 20.9. The molecule has 0 aliphatic heterocycles. The van der Waals surface area contributed by atoms with Crippen LogP contribution >= 0.6 is 0 Å². The molecule has 0 saturated carbocycles. The van der Waals surface area contributed by atoms with Crippen LogP contribution in [0.5, 0.6) is 0 Å². The zero-order valence-electron chi connectivity index (χ0n) is 47.7. The Morgan fingerprint density at radius 2 is 0.583 bits per heavy atom. The molecule has 0 heterocycles. The molecule has 0 aromatic carbocycles. The molecule has 0 aliphatic rings. The quantitative estimate of drug-likeness (QED) is 0.0199. The van der Waals surface area contributed by atoms with Crippen LogP contribution in [0.25, 0.3) is 0 Å². The van der Waals surface area contributed by atoms with Crippen molar-refractivity contribution in [1.82, 2.24) is 0 Å². The van der Waals surface area contributed by atoms with Crippen LogP contribution in [0.4, 0.5) is 0 Å². The summed E-state index contributed by atoms with van der Waals surface area (Å²) >= 11 is 0. The van der Waals surface area contributed by atoms with Crippen LogP contribution in [0.3, 0.4) is 0 Å². The van der Waals surface area contributed by atoms with E-state index in [0.29, 0.717) is 19.3 Å². The SMILES string of the molecule is CC/C=C\C/C=C\C/C=C\C/C=C\CCCCCCCCC(=O)OCC(COC(=O)CCCCC/C=C\C=C/CCCCCCCCC)OC(=O)CCCCCCCCCCCCCCCCCCCCC. The summed E-state index contributed by atoms with van der Waals surface area (Å²) in [6.07, 6.45) is 77.6. The van der Waals surface area contributed by atoms with E-state index in [4.69, 9.17) is 14.2 Å². The minimum Gasteiger partial charge on any atom is -0.462 e. The second-order valence-electron chi connectivity index (χ2n) is 20.6. The van der Waals surface area contributed by atoms with E-state index in [0.717, 1.165) is 103 Å². The fourth-order valence-electron chi connectivity index (χ4n) is 8.84. The molecule has 0 spiro atoms. The molecule has 416 valence electrons. The Morgan fingerprint density at radius 3 is 0.944 bits per heavy atom. The fourth-order valence-corrected chi connectivity index (χ4v) is 8.84. The van der Waals surface area contributed by atoms with Gasteiger partial charge in [-0.15, -0.1) is 0 Å².